The van der Waals surface area contributed by atoms with Crippen molar-refractivity contribution < 1.29 is 0 Å². The van der Waals surface area contributed by atoms with Gasteiger partial charge in [0, 0.05) is 27.7 Å². The van der Waals surface area contributed by atoms with Crippen LogP contribution in [-0.4, -0.2) is 9.55 Å². The molecule has 0 amide bonds. The van der Waals surface area contributed by atoms with E-state index in [-0.39, 0.29) is 11.6 Å². The maximum atomic E-state index is 13.9. The molecule has 0 radical (unpaired) electrons. The molecule has 35 heavy (non-hydrogen) atoms. The van der Waals surface area contributed by atoms with Gasteiger partial charge in [-0.05, 0) is 48.6 Å². The fourth-order valence-corrected chi connectivity index (χ4v) is 6.56. The molecule has 1 atom stereocenters. The summed E-state index contributed by atoms with van der Waals surface area (Å²) in [7, 11) is 0. The van der Waals surface area contributed by atoms with Crippen molar-refractivity contribution in [3.63, 3.8) is 0 Å². The summed E-state index contributed by atoms with van der Waals surface area (Å²) >= 11 is 1.49. The molecule has 0 saturated heterocycles. The van der Waals surface area contributed by atoms with Gasteiger partial charge in [-0.15, -0.1) is 0 Å². The van der Waals surface area contributed by atoms with Crippen LogP contribution in [-0.2, 0) is 6.42 Å². The molecule has 5 heteroatoms. The van der Waals surface area contributed by atoms with Crippen LogP contribution in [0.15, 0.2) is 94.2 Å². The Morgan fingerprint density at radius 2 is 1.74 bits per heavy atom. The number of aryl methyl sites for hydroxylation is 2. The van der Waals surface area contributed by atoms with Crippen molar-refractivity contribution in [1.82, 2.24) is 9.55 Å². The van der Waals surface area contributed by atoms with Gasteiger partial charge < -0.3 is 4.98 Å². The highest BCUT2D eigenvalue weighted by molar-refractivity contribution is 7.07. The molecule has 4 nitrogen and oxygen atoms in total. The molecule has 1 aliphatic carbocycles. The molecule has 0 spiro atoms. The number of hydrogen-bond donors (Lipinski definition) is 1. The number of allylic oxidation sites excluding steroid dienone is 1. The molecule has 3 aromatic carbocycles. The molecule has 2 aliphatic rings. The largest absolute Gasteiger partial charge is 0.358 e. The lowest BCUT2D eigenvalue weighted by molar-refractivity contribution is 0.585. The first-order chi connectivity index (χ1) is 17.2. The summed E-state index contributed by atoms with van der Waals surface area (Å²) < 4.78 is 2.63. The van der Waals surface area contributed by atoms with Crippen LogP contribution >= 0.6 is 11.3 Å². The lowest BCUT2D eigenvalue weighted by Crippen LogP contribution is -2.38. The number of aromatic amines is 1. The Hall–Kier alpha value is -3.96. The lowest BCUT2D eigenvalue weighted by atomic mass is 9.83. The predicted octanol–water partition coefficient (Wildman–Crippen LogP) is 5.11. The summed E-state index contributed by atoms with van der Waals surface area (Å²) in [6, 6.07) is 27.0. The number of para-hydroxylation sites is 1. The maximum Gasteiger partial charge on any atom is 0.271 e. The Bertz CT molecular complexity index is 1840. The van der Waals surface area contributed by atoms with E-state index in [0.29, 0.717) is 4.53 Å². The predicted molar refractivity (Wildman–Crippen MR) is 142 cm³/mol. The summed E-state index contributed by atoms with van der Waals surface area (Å²) in [4.78, 5) is 23.3. The normalized spacial score (nSPS) is 17.2. The van der Waals surface area contributed by atoms with Gasteiger partial charge in [0.25, 0.3) is 5.56 Å². The van der Waals surface area contributed by atoms with Crippen molar-refractivity contribution in [1.29, 1.82) is 0 Å². The van der Waals surface area contributed by atoms with Crippen molar-refractivity contribution >= 4 is 34.0 Å². The summed E-state index contributed by atoms with van der Waals surface area (Å²) in [5.74, 6) is 0. The minimum Gasteiger partial charge on any atom is -0.358 e. The van der Waals surface area contributed by atoms with E-state index in [4.69, 9.17) is 4.99 Å². The molecule has 2 aromatic heterocycles. The van der Waals surface area contributed by atoms with Gasteiger partial charge in [-0.3, -0.25) is 9.36 Å². The second kappa shape index (κ2) is 7.79. The van der Waals surface area contributed by atoms with Gasteiger partial charge >= 0.3 is 0 Å². The number of hydrogen-bond acceptors (Lipinski definition) is 3. The number of benzene rings is 3. The number of rotatable bonds is 2. The van der Waals surface area contributed by atoms with E-state index in [9.17, 15) is 4.79 Å². The van der Waals surface area contributed by atoms with E-state index in [1.165, 1.54) is 28.0 Å². The summed E-state index contributed by atoms with van der Waals surface area (Å²) in [6.07, 6.45) is 3.91. The zero-order valence-corrected chi connectivity index (χ0v) is 20.1. The summed E-state index contributed by atoms with van der Waals surface area (Å²) in [6.45, 7) is 2.06. The molecular formula is C30H23N3OS. The molecule has 0 fully saturated rings. The monoisotopic (exact) mass is 473 g/mol. The molecule has 1 N–H and O–H groups in total. The summed E-state index contributed by atoms with van der Waals surface area (Å²) in [5, 5.41) is 1.13. The van der Waals surface area contributed by atoms with E-state index >= 15 is 0 Å². The zero-order chi connectivity index (χ0) is 23.5. The van der Waals surface area contributed by atoms with Gasteiger partial charge in [-0.1, -0.05) is 84.1 Å². The van der Waals surface area contributed by atoms with Crippen LogP contribution in [0.4, 0.5) is 0 Å². The number of thiazole rings is 1. The molecule has 0 bridgehead atoms. The molecule has 0 saturated carbocycles. The number of H-pyrrole nitrogens is 1. The summed E-state index contributed by atoms with van der Waals surface area (Å²) in [5.41, 5.74) is 9.16. The van der Waals surface area contributed by atoms with Crippen LogP contribution < -0.4 is 14.9 Å². The van der Waals surface area contributed by atoms with Gasteiger partial charge in [-0.2, -0.15) is 0 Å². The van der Waals surface area contributed by atoms with E-state index in [0.717, 1.165) is 51.1 Å². The molecule has 7 rings (SSSR count). The Balaban J connectivity index is 1.51. The molecular weight excluding hydrogens is 450 g/mol. The Morgan fingerprint density at radius 3 is 2.63 bits per heavy atom. The third kappa shape index (κ3) is 3.12. The van der Waals surface area contributed by atoms with E-state index in [2.05, 4.69) is 72.6 Å². The topological polar surface area (TPSA) is 50.1 Å². The van der Waals surface area contributed by atoms with Crippen LogP contribution in [0.1, 0.15) is 40.4 Å². The minimum absolute atomic E-state index is 0.0256. The van der Waals surface area contributed by atoms with Crippen LogP contribution in [0, 0.1) is 6.92 Å². The van der Waals surface area contributed by atoms with Crippen molar-refractivity contribution in [2.24, 2.45) is 4.99 Å². The number of nitrogens with zero attached hydrogens (tertiary/aromatic N) is 2. The first-order valence-electron chi connectivity index (χ1n) is 11.9. The smallest absolute Gasteiger partial charge is 0.271 e. The van der Waals surface area contributed by atoms with E-state index in [1.54, 1.807) is 0 Å². The Morgan fingerprint density at radius 1 is 0.971 bits per heavy atom. The first kappa shape index (κ1) is 20.4. The van der Waals surface area contributed by atoms with Gasteiger partial charge in [-0.25, -0.2) is 4.99 Å². The highest BCUT2D eigenvalue weighted by atomic mass is 32.1. The highest BCUT2D eigenvalue weighted by Gasteiger charge is 2.32. The zero-order valence-electron chi connectivity index (χ0n) is 19.3. The molecule has 1 unspecified atom stereocenters. The van der Waals surface area contributed by atoms with Gasteiger partial charge in [0.05, 0.1) is 16.3 Å². The van der Waals surface area contributed by atoms with Gasteiger partial charge in [0.2, 0.25) is 0 Å². The van der Waals surface area contributed by atoms with Crippen molar-refractivity contribution in [3.8, 4) is 0 Å². The van der Waals surface area contributed by atoms with Crippen molar-refractivity contribution in [3.05, 3.63) is 132 Å². The van der Waals surface area contributed by atoms with E-state index in [1.807, 2.05) is 28.8 Å². The van der Waals surface area contributed by atoms with Gasteiger partial charge in [0.15, 0.2) is 4.80 Å². The second-order valence-corrected chi connectivity index (χ2v) is 10.2. The average Bonchev–Trinajstić information content (AvgIpc) is 3.38. The quantitative estimate of drug-likeness (QED) is 0.381. The van der Waals surface area contributed by atoms with Gasteiger partial charge in [0.1, 0.15) is 0 Å². The SMILES string of the molecule is Cc1[nH]c2ccccc2c1C=c1sc2n(c1=O)C(c1ccccc1)C1=C(N=2)c2ccccc2CC1. The van der Waals surface area contributed by atoms with Crippen LogP contribution in [0.2, 0.25) is 0 Å². The van der Waals surface area contributed by atoms with Crippen LogP contribution in [0.3, 0.4) is 0 Å². The second-order valence-electron chi connectivity index (χ2n) is 9.23. The van der Waals surface area contributed by atoms with Crippen LogP contribution in [0.5, 0.6) is 0 Å². The third-order valence-electron chi connectivity index (χ3n) is 7.21. The average molecular weight is 474 g/mol. The standard InChI is InChI=1S/C30H23N3OS/c1-18-24(22-13-7-8-14-25(22)31-18)17-26-29(34)33-28(20-10-3-2-4-11-20)23-16-15-19-9-5-6-12-21(19)27(23)32-30(33)35-26/h2-14,17,28,31H,15-16H2,1H3. The molecule has 170 valence electrons. The Kier molecular flexibility index (Phi) is 4.54. The highest BCUT2D eigenvalue weighted by Crippen LogP contribution is 2.41. The minimum atomic E-state index is -0.137. The first-order valence-corrected chi connectivity index (χ1v) is 12.8. The number of nitrogens with one attached hydrogen (secondary N) is 1. The third-order valence-corrected chi connectivity index (χ3v) is 8.19. The van der Waals surface area contributed by atoms with Crippen molar-refractivity contribution in [2.45, 2.75) is 25.8 Å². The molecule has 3 heterocycles. The van der Waals surface area contributed by atoms with Crippen LogP contribution in [0.25, 0.3) is 22.7 Å². The fourth-order valence-electron chi connectivity index (χ4n) is 5.57. The lowest BCUT2D eigenvalue weighted by Gasteiger charge is -2.30. The molecule has 5 aromatic rings. The molecule has 1 aliphatic heterocycles. The van der Waals surface area contributed by atoms with Crippen molar-refractivity contribution in [2.75, 3.05) is 0 Å². The maximum absolute atomic E-state index is 13.9. The number of aromatic nitrogens is 2. The number of fused-ring (bicyclic) bond motifs is 4. The van der Waals surface area contributed by atoms with E-state index < -0.39 is 0 Å². The Labute approximate surface area is 206 Å². The fraction of sp³-hybridized carbons (Fsp3) is 0.133.